The summed E-state index contributed by atoms with van der Waals surface area (Å²) in [6, 6.07) is 2.23. The van der Waals surface area contributed by atoms with E-state index >= 15 is 0 Å². The molecule has 2 rings (SSSR count). The molecule has 0 saturated heterocycles. The Labute approximate surface area is 91.5 Å². The fourth-order valence-electron chi connectivity index (χ4n) is 2.24. The van der Waals surface area contributed by atoms with Crippen LogP contribution in [0.3, 0.4) is 0 Å². The summed E-state index contributed by atoms with van der Waals surface area (Å²) in [6.45, 7) is 5.43. The predicted molar refractivity (Wildman–Crippen MR) is 61.1 cm³/mol. The van der Waals surface area contributed by atoms with Crippen LogP contribution in [-0.2, 0) is 0 Å². The molecule has 3 heteroatoms. The largest absolute Gasteiger partial charge is 0.330 e. The topological polar surface area (TPSA) is 26.0 Å². The van der Waals surface area contributed by atoms with Gasteiger partial charge in [0, 0.05) is 20.6 Å². The number of hydrogen-bond acceptors (Lipinski definition) is 2. The lowest BCUT2D eigenvalue weighted by Crippen LogP contribution is -2.05. The molecule has 1 aromatic heterocycles. The van der Waals surface area contributed by atoms with Crippen molar-refractivity contribution in [1.82, 2.24) is 0 Å². The maximum atomic E-state index is 5.74. The molecule has 72 valence electrons. The Morgan fingerprint density at radius 2 is 2.31 bits per heavy atom. The van der Waals surface area contributed by atoms with E-state index in [1.807, 2.05) is 11.3 Å². The van der Waals surface area contributed by atoms with Crippen LogP contribution in [0.4, 0.5) is 0 Å². The van der Waals surface area contributed by atoms with Crippen molar-refractivity contribution in [1.29, 1.82) is 0 Å². The highest BCUT2D eigenvalue weighted by molar-refractivity contribution is 9.10. The zero-order valence-corrected chi connectivity index (χ0v) is 10.3. The molecule has 0 spiro atoms. The lowest BCUT2D eigenvalue weighted by atomic mass is 10.1. The van der Waals surface area contributed by atoms with Crippen molar-refractivity contribution >= 4 is 27.3 Å². The van der Waals surface area contributed by atoms with E-state index < -0.39 is 0 Å². The van der Waals surface area contributed by atoms with E-state index in [-0.39, 0.29) is 0 Å². The summed E-state index contributed by atoms with van der Waals surface area (Å²) >= 11 is 5.33. The van der Waals surface area contributed by atoms with Crippen molar-refractivity contribution in [2.24, 2.45) is 17.1 Å². The highest BCUT2D eigenvalue weighted by atomic mass is 79.9. The van der Waals surface area contributed by atoms with Crippen LogP contribution in [0.5, 0.6) is 0 Å². The van der Waals surface area contributed by atoms with Crippen LogP contribution < -0.4 is 5.73 Å². The highest BCUT2D eigenvalue weighted by Gasteiger charge is 2.57. The molecule has 0 aromatic carbocycles. The van der Waals surface area contributed by atoms with Crippen molar-refractivity contribution in [3.05, 3.63) is 20.8 Å². The molecule has 1 nitrogen and oxygen atoms in total. The normalized spacial score (nSPS) is 30.5. The van der Waals surface area contributed by atoms with Gasteiger partial charge in [0.15, 0.2) is 0 Å². The summed E-state index contributed by atoms with van der Waals surface area (Å²) < 4.78 is 1.20. The third-order valence-corrected chi connectivity index (χ3v) is 4.98. The second-order valence-corrected chi connectivity index (χ2v) is 6.17. The zero-order valence-electron chi connectivity index (χ0n) is 7.88. The van der Waals surface area contributed by atoms with Crippen LogP contribution in [-0.4, -0.2) is 6.54 Å². The summed E-state index contributed by atoms with van der Waals surface area (Å²) in [7, 11) is 0. The standard InChI is InChI=1S/C10H14BrNS/c1-10(2)7(4-12)9(10)8-3-6(11)5-13-8/h3,5,7,9H,4,12H2,1-2H3/t7-,9+/m1/s1. The molecule has 2 atom stereocenters. The van der Waals surface area contributed by atoms with Crippen molar-refractivity contribution in [2.45, 2.75) is 19.8 Å². The van der Waals surface area contributed by atoms with Gasteiger partial charge in [0.05, 0.1) is 0 Å². The van der Waals surface area contributed by atoms with Crippen molar-refractivity contribution in [3.63, 3.8) is 0 Å². The van der Waals surface area contributed by atoms with Crippen LogP contribution in [0, 0.1) is 11.3 Å². The average molecular weight is 260 g/mol. The lowest BCUT2D eigenvalue weighted by Gasteiger charge is -1.98. The van der Waals surface area contributed by atoms with Gasteiger partial charge in [-0.3, -0.25) is 0 Å². The van der Waals surface area contributed by atoms with Gasteiger partial charge >= 0.3 is 0 Å². The number of rotatable bonds is 2. The van der Waals surface area contributed by atoms with Crippen molar-refractivity contribution < 1.29 is 0 Å². The molecular formula is C10H14BrNS. The van der Waals surface area contributed by atoms with E-state index in [2.05, 4.69) is 41.2 Å². The van der Waals surface area contributed by atoms with E-state index in [1.165, 1.54) is 9.35 Å². The van der Waals surface area contributed by atoms with Crippen LogP contribution in [0.2, 0.25) is 0 Å². The Kier molecular flexibility index (Phi) is 2.29. The molecule has 1 aliphatic carbocycles. The first-order chi connectivity index (χ1) is 6.07. The monoisotopic (exact) mass is 259 g/mol. The minimum atomic E-state index is 0.416. The summed E-state index contributed by atoms with van der Waals surface area (Å²) in [6.07, 6.45) is 0. The summed E-state index contributed by atoms with van der Waals surface area (Å²) in [4.78, 5) is 1.48. The van der Waals surface area contributed by atoms with E-state index in [4.69, 9.17) is 5.73 Å². The first-order valence-corrected chi connectivity index (χ1v) is 6.18. The number of halogens is 1. The van der Waals surface area contributed by atoms with Gasteiger partial charge in [-0.15, -0.1) is 11.3 Å². The van der Waals surface area contributed by atoms with Gasteiger partial charge in [-0.25, -0.2) is 0 Å². The van der Waals surface area contributed by atoms with Gasteiger partial charge in [-0.1, -0.05) is 13.8 Å². The van der Waals surface area contributed by atoms with Crippen LogP contribution in [0.1, 0.15) is 24.6 Å². The fourth-order valence-corrected chi connectivity index (χ4v) is 4.05. The smallest absolute Gasteiger partial charge is 0.0285 e. The minimum absolute atomic E-state index is 0.416. The zero-order chi connectivity index (χ0) is 9.64. The lowest BCUT2D eigenvalue weighted by molar-refractivity contribution is 0.559. The Morgan fingerprint density at radius 3 is 2.69 bits per heavy atom. The summed E-state index contributed by atoms with van der Waals surface area (Å²) in [5.41, 5.74) is 6.15. The van der Waals surface area contributed by atoms with Crippen LogP contribution >= 0.6 is 27.3 Å². The van der Waals surface area contributed by atoms with Gasteiger partial charge in [0.25, 0.3) is 0 Å². The molecular weight excluding hydrogens is 246 g/mol. The predicted octanol–water partition coefficient (Wildman–Crippen LogP) is 3.21. The van der Waals surface area contributed by atoms with E-state index in [0.717, 1.165) is 6.54 Å². The molecule has 1 heterocycles. The molecule has 0 unspecified atom stereocenters. The molecule has 1 aliphatic rings. The van der Waals surface area contributed by atoms with Crippen LogP contribution in [0.15, 0.2) is 15.9 Å². The summed E-state index contributed by atoms with van der Waals surface area (Å²) in [5.74, 6) is 1.37. The van der Waals surface area contributed by atoms with Crippen molar-refractivity contribution in [3.8, 4) is 0 Å². The van der Waals surface area contributed by atoms with E-state index in [0.29, 0.717) is 17.3 Å². The SMILES string of the molecule is CC1(C)[C@H](CN)[C@H]1c1cc(Br)cs1. The Hall–Kier alpha value is 0.140. The molecule has 0 radical (unpaired) electrons. The molecule has 2 N–H and O–H groups in total. The highest BCUT2D eigenvalue weighted by Crippen LogP contribution is 2.64. The van der Waals surface area contributed by atoms with Gasteiger partial charge in [0.2, 0.25) is 0 Å². The maximum absolute atomic E-state index is 5.74. The molecule has 0 aliphatic heterocycles. The van der Waals surface area contributed by atoms with Gasteiger partial charge in [0.1, 0.15) is 0 Å². The van der Waals surface area contributed by atoms with E-state index in [9.17, 15) is 0 Å². The Bertz CT molecular complexity index is 318. The number of thiophene rings is 1. The van der Waals surface area contributed by atoms with Crippen LogP contribution in [0.25, 0.3) is 0 Å². The molecule has 1 fully saturated rings. The fraction of sp³-hybridized carbons (Fsp3) is 0.600. The number of hydrogen-bond donors (Lipinski definition) is 1. The summed E-state index contributed by atoms with van der Waals surface area (Å²) in [5, 5.41) is 2.15. The van der Waals surface area contributed by atoms with Crippen molar-refractivity contribution in [2.75, 3.05) is 6.54 Å². The Balaban J connectivity index is 2.21. The van der Waals surface area contributed by atoms with E-state index in [1.54, 1.807) is 0 Å². The first kappa shape index (κ1) is 9.69. The minimum Gasteiger partial charge on any atom is -0.330 e. The number of nitrogens with two attached hydrogens (primary N) is 1. The molecule has 1 saturated carbocycles. The first-order valence-electron chi connectivity index (χ1n) is 4.51. The van der Waals surface area contributed by atoms with Gasteiger partial charge < -0.3 is 5.73 Å². The van der Waals surface area contributed by atoms with Gasteiger partial charge in [-0.05, 0) is 39.9 Å². The second-order valence-electron chi connectivity index (χ2n) is 4.31. The third kappa shape index (κ3) is 1.47. The molecule has 0 amide bonds. The quantitative estimate of drug-likeness (QED) is 0.868. The average Bonchev–Trinajstić information content (AvgIpc) is 2.41. The second kappa shape index (κ2) is 3.07. The maximum Gasteiger partial charge on any atom is 0.0285 e. The molecule has 0 bridgehead atoms. The molecule has 1 aromatic rings. The molecule has 13 heavy (non-hydrogen) atoms. The van der Waals surface area contributed by atoms with Gasteiger partial charge in [-0.2, -0.15) is 0 Å². The third-order valence-electron chi connectivity index (χ3n) is 3.20. The Morgan fingerprint density at radius 1 is 1.62 bits per heavy atom.